The van der Waals surface area contributed by atoms with E-state index in [2.05, 4.69) is 18.2 Å². The Morgan fingerprint density at radius 3 is 2.56 bits per heavy atom. The lowest BCUT2D eigenvalue weighted by molar-refractivity contribution is 0.0911. The minimum absolute atomic E-state index is 0.0199. The van der Waals surface area contributed by atoms with Gasteiger partial charge in [0.1, 0.15) is 17.1 Å². The fourth-order valence-electron chi connectivity index (χ4n) is 3.55. The number of benzene rings is 2. The molecule has 2 aromatic carbocycles. The Morgan fingerprint density at radius 2 is 1.88 bits per heavy atom. The van der Waals surface area contributed by atoms with Crippen molar-refractivity contribution >= 4 is 5.78 Å². The minimum atomic E-state index is -0.243. The second-order valence-corrected chi connectivity index (χ2v) is 6.80. The van der Waals surface area contributed by atoms with Crippen molar-refractivity contribution in [2.45, 2.75) is 45.1 Å². The van der Waals surface area contributed by atoms with Crippen LogP contribution in [0.1, 0.15) is 45.5 Å². The zero-order valence-electron chi connectivity index (χ0n) is 14.7. The highest BCUT2D eigenvalue weighted by atomic mass is 16.5. The van der Waals surface area contributed by atoms with Gasteiger partial charge in [-0.1, -0.05) is 18.2 Å². The Labute approximate surface area is 148 Å². The van der Waals surface area contributed by atoms with Crippen LogP contribution in [0.2, 0.25) is 0 Å². The zero-order valence-corrected chi connectivity index (χ0v) is 14.7. The highest BCUT2D eigenvalue weighted by Crippen LogP contribution is 2.30. The van der Waals surface area contributed by atoms with E-state index in [0.29, 0.717) is 12.5 Å². The van der Waals surface area contributed by atoms with Gasteiger partial charge in [-0.05, 0) is 67.0 Å². The van der Waals surface area contributed by atoms with Gasteiger partial charge in [0.05, 0.1) is 6.10 Å². The number of methoxy groups -OCH3 is 1. The molecule has 0 fully saturated rings. The normalized spacial score (nSPS) is 16.5. The van der Waals surface area contributed by atoms with Crippen LogP contribution in [-0.2, 0) is 24.0 Å². The zero-order chi connectivity index (χ0) is 18.0. The molecule has 25 heavy (non-hydrogen) atoms. The van der Waals surface area contributed by atoms with Gasteiger partial charge in [-0.15, -0.1) is 0 Å². The van der Waals surface area contributed by atoms with E-state index in [-0.39, 0.29) is 29.3 Å². The van der Waals surface area contributed by atoms with Crippen LogP contribution in [0.5, 0.6) is 11.5 Å². The van der Waals surface area contributed by atoms with Gasteiger partial charge >= 0.3 is 0 Å². The molecule has 4 heteroatoms. The van der Waals surface area contributed by atoms with Crippen molar-refractivity contribution in [1.82, 2.24) is 0 Å². The van der Waals surface area contributed by atoms with Crippen LogP contribution in [0.3, 0.4) is 0 Å². The number of fused-ring (bicyclic) bond motifs is 1. The Balaban J connectivity index is 1.69. The summed E-state index contributed by atoms with van der Waals surface area (Å²) in [6, 6.07) is 9.35. The van der Waals surface area contributed by atoms with Gasteiger partial charge in [0.25, 0.3) is 0 Å². The third kappa shape index (κ3) is 3.85. The van der Waals surface area contributed by atoms with Gasteiger partial charge < -0.3 is 14.9 Å². The van der Waals surface area contributed by atoms with E-state index in [1.807, 2.05) is 0 Å². The standard InChI is InChI=1S/C21H24O4/c1-13-9-19(23)21(20(24)10-13)18(22)8-4-14-3-5-16-12-17(25-2)7-6-15(16)11-14/h3,5,9-11,17,23-24H,4,6-8,12H2,1-2H3. The number of Topliss-reactive ketones (excluding diaryl/α,β-unsaturated/α-hetero) is 1. The van der Waals surface area contributed by atoms with Crippen molar-refractivity contribution in [3.05, 3.63) is 58.1 Å². The van der Waals surface area contributed by atoms with E-state index in [1.54, 1.807) is 14.0 Å². The molecule has 2 N–H and O–H groups in total. The number of hydrogen-bond donors (Lipinski definition) is 2. The number of rotatable bonds is 5. The van der Waals surface area contributed by atoms with Crippen LogP contribution >= 0.6 is 0 Å². The molecule has 0 heterocycles. The highest BCUT2D eigenvalue weighted by Gasteiger charge is 2.19. The van der Waals surface area contributed by atoms with Crippen LogP contribution in [0.4, 0.5) is 0 Å². The molecule has 0 spiro atoms. The maximum Gasteiger partial charge on any atom is 0.170 e. The fraction of sp³-hybridized carbons (Fsp3) is 0.381. The Hall–Kier alpha value is -2.33. The van der Waals surface area contributed by atoms with Crippen molar-refractivity contribution in [2.75, 3.05) is 7.11 Å². The van der Waals surface area contributed by atoms with Crippen molar-refractivity contribution in [2.24, 2.45) is 0 Å². The maximum atomic E-state index is 12.4. The molecule has 2 aromatic rings. The Bertz CT molecular complexity index is 771. The molecule has 1 aliphatic carbocycles. The number of ether oxygens (including phenoxy) is 1. The van der Waals surface area contributed by atoms with Crippen LogP contribution < -0.4 is 0 Å². The summed E-state index contributed by atoms with van der Waals surface area (Å²) >= 11 is 0. The van der Waals surface area contributed by atoms with E-state index < -0.39 is 0 Å². The summed E-state index contributed by atoms with van der Waals surface area (Å²) in [7, 11) is 1.76. The predicted molar refractivity (Wildman–Crippen MR) is 96.4 cm³/mol. The Morgan fingerprint density at radius 1 is 1.16 bits per heavy atom. The summed E-state index contributed by atoms with van der Waals surface area (Å²) in [5.41, 5.74) is 4.50. The van der Waals surface area contributed by atoms with E-state index in [4.69, 9.17) is 4.74 Å². The van der Waals surface area contributed by atoms with Gasteiger partial charge in [-0.25, -0.2) is 0 Å². The third-order valence-electron chi connectivity index (χ3n) is 4.95. The summed E-state index contributed by atoms with van der Waals surface area (Å²) in [4.78, 5) is 12.4. The first-order valence-electron chi connectivity index (χ1n) is 8.67. The number of hydrogen-bond acceptors (Lipinski definition) is 4. The second-order valence-electron chi connectivity index (χ2n) is 6.80. The fourth-order valence-corrected chi connectivity index (χ4v) is 3.55. The first-order chi connectivity index (χ1) is 12.0. The number of aromatic hydroxyl groups is 2. The van der Waals surface area contributed by atoms with Crippen LogP contribution in [0, 0.1) is 6.92 Å². The molecule has 4 nitrogen and oxygen atoms in total. The van der Waals surface area contributed by atoms with Crippen LogP contribution in [-0.4, -0.2) is 29.2 Å². The van der Waals surface area contributed by atoms with Gasteiger partial charge in [-0.2, -0.15) is 0 Å². The summed E-state index contributed by atoms with van der Waals surface area (Å²) in [6.45, 7) is 1.76. The highest BCUT2D eigenvalue weighted by molar-refractivity contribution is 6.01. The van der Waals surface area contributed by atoms with Crippen LogP contribution in [0.25, 0.3) is 0 Å². The number of carbonyl (C=O) groups excluding carboxylic acids is 1. The molecule has 0 saturated heterocycles. The molecule has 0 saturated carbocycles. The minimum Gasteiger partial charge on any atom is -0.507 e. The lowest BCUT2D eigenvalue weighted by Crippen LogP contribution is -2.21. The SMILES string of the molecule is COC1CCc2cc(CCC(=O)c3c(O)cc(C)cc3O)ccc2C1. The average Bonchev–Trinajstić information content (AvgIpc) is 2.58. The van der Waals surface area contributed by atoms with E-state index in [1.165, 1.54) is 23.3 Å². The molecule has 1 aliphatic rings. The van der Waals surface area contributed by atoms with Crippen molar-refractivity contribution in [3.63, 3.8) is 0 Å². The predicted octanol–water partition coefficient (Wildman–Crippen LogP) is 3.73. The molecule has 0 amide bonds. The van der Waals surface area contributed by atoms with Gasteiger partial charge in [0.15, 0.2) is 5.78 Å². The van der Waals surface area contributed by atoms with Crippen molar-refractivity contribution in [1.29, 1.82) is 0 Å². The number of ketones is 1. The molecule has 3 rings (SSSR count). The molecule has 0 aliphatic heterocycles. The van der Waals surface area contributed by atoms with Gasteiger partial charge in [0.2, 0.25) is 0 Å². The second kappa shape index (κ2) is 7.28. The van der Waals surface area contributed by atoms with Gasteiger partial charge in [0, 0.05) is 13.5 Å². The monoisotopic (exact) mass is 340 g/mol. The summed E-state index contributed by atoms with van der Waals surface area (Å²) in [6.07, 6.45) is 4.10. The first-order valence-corrected chi connectivity index (χ1v) is 8.67. The first kappa shape index (κ1) is 17.5. The third-order valence-corrected chi connectivity index (χ3v) is 4.95. The number of phenols is 2. The molecule has 0 radical (unpaired) electrons. The average molecular weight is 340 g/mol. The molecule has 1 atom stereocenters. The van der Waals surface area contributed by atoms with Gasteiger partial charge in [-0.3, -0.25) is 4.79 Å². The van der Waals surface area contributed by atoms with E-state index in [0.717, 1.165) is 30.4 Å². The number of phenolic OH excluding ortho intramolecular Hbond substituents is 2. The van der Waals surface area contributed by atoms with E-state index in [9.17, 15) is 15.0 Å². The topological polar surface area (TPSA) is 66.8 Å². The molecule has 132 valence electrons. The lowest BCUT2D eigenvalue weighted by atomic mass is 9.87. The molecular weight excluding hydrogens is 316 g/mol. The molecular formula is C21H24O4. The largest absolute Gasteiger partial charge is 0.507 e. The summed E-state index contributed by atoms with van der Waals surface area (Å²) in [5.74, 6) is -0.552. The molecule has 1 unspecified atom stereocenters. The Kier molecular flexibility index (Phi) is 5.09. The molecule has 0 aromatic heterocycles. The summed E-state index contributed by atoms with van der Waals surface area (Å²) in [5, 5.41) is 19.9. The van der Waals surface area contributed by atoms with Crippen molar-refractivity contribution in [3.8, 4) is 11.5 Å². The quantitative estimate of drug-likeness (QED) is 0.814. The lowest BCUT2D eigenvalue weighted by Gasteiger charge is -2.24. The van der Waals surface area contributed by atoms with E-state index >= 15 is 0 Å². The van der Waals surface area contributed by atoms with Crippen LogP contribution in [0.15, 0.2) is 30.3 Å². The van der Waals surface area contributed by atoms with Crippen molar-refractivity contribution < 1.29 is 19.7 Å². The maximum absolute atomic E-state index is 12.4. The smallest absolute Gasteiger partial charge is 0.170 e. The number of aryl methyl sites for hydroxylation is 3. The summed E-state index contributed by atoms with van der Waals surface area (Å²) < 4.78 is 5.44. The molecule has 0 bridgehead atoms. The number of carbonyl (C=O) groups is 1.